The van der Waals surface area contributed by atoms with Gasteiger partial charge in [0.15, 0.2) is 6.10 Å². The number of nitrogens with zero attached hydrogens (tertiary/aromatic N) is 3. The Morgan fingerprint density at radius 3 is 2.41 bits per heavy atom. The molecule has 3 rings (SSSR count). The first kappa shape index (κ1) is 20.9. The lowest BCUT2D eigenvalue weighted by molar-refractivity contribution is -0.137. The topological polar surface area (TPSA) is 68.5 Å². The summed E-state index contributed by atoms with van der Waals surface area (Å²) in [6, 6.07) is 11.5. The Labute approximate surface area is 175 Å². The van der Waals surface area contributed by atoms with Crippen molar-refractivity contribution in [2.24, 2.45) is 0 Å². The van der Waals surface area contributed by atoms with Crippen molar-refractivity contribution >= 4 is 17.5 Å². The SMILES string of the molecule is Cc1ccc(-c2noc(CN(C)C(=O)[C@H](C)Oc3cc(C)c(Cl)c(C)c3)n2)cc1. The van der Waals surface area contributed by atoms with Crippen LogP contribution in [0.4, 0.5) is 0 Å². The number of amides is 1. The van der Waals surface area contributed by atoms with Gasteiger partial charge in [0.1, 0.15) is 5.75 Å². The molecule has 0 bridgehead atoms. The Balaban J connectivity index is 1.63. The summed E-state index contributed by atoms with van der Waals surface area (Å²) in [5.41, 5.74) is 3.83. The second-order valence-electron chi connectivity index (χ2n) is 7.20. The molecule has 0 aliphatic rings. The van der Waals surface area contributed by atoms with Gasteiger partial charge >= 0.3 is 0 Å². The van der Waals surface area contributed by atoms with Crippen LogP contribution in [-0.2, 0) is 11.3 Å². The Hall–Kier alpha value is -2.86. The Kier molecular flexibility index (Phi) is 6.23. The van der Waals surface area contributed by atoms with E-state index in [1.54, 1.807) is 14.0 Å². The van der Waals surface area contributed by atoms with Crippen LogP contribution >= 0.6 is 11.6 Å². The molecule has 1 amide bonds. The maximum atomic E-state index is 12.7. The Bertz CT molecular complexity index is 991. The van der Waals surface area contributed by atoms with Crippen molar-refractivity contribution in [3.63, 3.8) is 0 Å². The first-order valence-corrected chi connectivity index (χ1v) is 9.70. The number of hydrogen-bond donors (Lipinski definition) is 0. The summed E-state index contributed by atoms with van der Waals surface area (Å²) in [6.45, 7) is 7.74. The number of carbonyl (C=O) groups excluding carboxylic acids is 1. The number of rotatable bonds is 6. The van der Waals surface area contributed by atoms with Gasteiger partial charge in [0.25, 0.3) is 5.91 Å². The highest BCUT2D eigenvalue weighted by Gasteiger charge is 2.22. The lowest BCUT2D eigenvalue weighted by atomic mass is 10.1. The van der Waals surface area contributed by atoms with Gasteiger partial charge in [-0.1, -0.05) is 46.6 Å². The average Bonchev–Trinajstić information content (AvgIpc) is 3.14. The van der Waals surface area contributed by atoms with Crippen LogP contribution in [0.3, 0.4) is 0 Å². The number of carbonyl (C=O) groups is 1. The van der Waals surface area contributed by atoms with Gasteiger partial charge in [-0.3, -0.25) is 4.79 Å². The van der Waals surface area contributed by atoms with Crippen LogP contribution < -0.4 is 4.74 Å². The van der Waals surface area contributed by atoms with Gasteiger partial charge in [-0.15, -0.1) is 0 Å². The summed E-state index contributed by atoms with van der Waals surface area (Å²) in [7, 11) is 1.68. The maximum absolute atomic E-state index is 12.7. The minimum atomic E-state index is -0.667. The number of ether oxygens (including phenoxy) is 1. The lowest BCUT2D eigenvalue weighted by Crippen LogP contribution is -2.37. The highest BCUT2D eigenvalue weighted by atomic mass is 35.5. The van der Waals surface area contributed by atoms with Crippen molar-refractivity contribution in [1.82, 2.24) is 15.0 Å². The van der Waals surface area contributed by atoms with Gasteiger partial charge in [0.05, 0.1) is 6.54 Å². The summed E-state index contributed by atoms with van der Waals surface area (Å²) in [4.78, 5) is 18.6. The van der Waals surface area contributed by atoms with Crippen LogP contribution in [0.1, 0.15) is 29.5 Å². The van der Waals surface area contributed by atoms with Crippen molar-refractivity contribution in [2.45, 2.75) is 40.3 Å². The zero-order valence-corrected chi connectivity index (χ0v) is 17.9. The standard InChI is InChI=1S/C22H24ClN3O3/c1-13-6-8-17(9-7-13)21-24-19(29-25-21)12-26(5)22(27)16(4)28-18-10-14(2)20(23)15(3)11-18/h6-11,16H,12H2,1-5H3/t16-/m0/s1. The molecule has 29 heavy (non-hydrogen) atoms. The van der Waals surface area contributed by atoms with E-state index < -0.39 is 6.10 Å². The van der Waals surface area contributed by atoms with Crippen LogP contribution in [0.25, 0.3) is 11.4 Å². The number of halogens is 1. The van der Waals surface area contributed by atoms with Crippen LogP contribution in [0.15, 0.2) is 40.9 Å². The molecule has 0 radical (unpaired) electrons. The van der Waals surface area contributed by atoms with Crippen molar-refractivity contribution in [3.05, 3.63) is 64.0 Å². The van der Waals surface area contributed by atoms with E-state index in [2.05, 4.69) is 10.1 Å². The zero-order chi connectivity index (χ0) is 21.1. The third-order valence-electron chi connectivity index (χ3n) is 4.60. The van der Waals surface area contributed by atoms with Gasteiger partial charge in [-0.2, -0.15) is 4.98 Å². The highest BCUT2D eigenvalue weighted by molar-refractivity contribution is 6.32. The van der Waals surface area contributed by atoms with Gasteiger partial charge in [-0.25, -0.2) is 0 Å². The molecule has 152 valence electrons. The van der Waals surface area contributed by atoms with E-state index in [1.165, 1.54) is 4.90 Å². The molecule has 3 aromatic rings. The van der Waals surface area contributed by atoms with Crippen LogP contribution in [0, 0.1) is 20.8 Å². The van der Waals surface area contributed by atoms with Gasteiger partial charge in [0, 0.05) is 17.6 Å². The third kappa shape index (κ3) is 4.95. The summed E-state index contributed by atoms with van der Waals surface area (Å²) in [6.07, 6.45) is -0.667. The molecule has 1 aromatic heterocycles. The molecule has 0 saturated carbocycles. The fraction of sp³-hybridized carbons (Fsp3) is 0.318. The Morgan fingerprint density at radius 2 is 1.79 bits per heavy atom. The summed E-state index contributed by atoms with van der Waals surface area (Å²) < 4.78 is 11.1. The smallest absolute Gasteiger partial charge is 0.263 e. The van der Waals surface area contributed by atoms with E-state index in [0.29, 0.717) is 22.5 Å². The zero-order valence-electron chi connectivity index (χ0n) is 17.2. The van der Waals surface area contributed by atoms with Gasteiger partial charge in [0.2, 0.25) is 11.7 Å². The molecule has 0 saturated heterocycles. The minimum Gasteiger partial charge on any atom is -0.481 e. The fourth-order valence-corrected chi connectivity index (χ4v) is 3.07. The second-order valence-corrected chi connectivity index (χ2v) is 7.58. The van der Waals surface area contributed by atoms with E-state index in [0.717, 1.165) is 22.3 Å². The van der Waals surface area contributed by atoms with E-state index in [4.69, 9.17) is 20.9 Å². The molecular formula is C22H24ClN3O3. The summed E-state index contributed by atoms with van der Waals surface area (Å²) in [5.74, 6) is 1.28. The molecule has 6 nitrogen and oxygen atoms in total. The summed E-state index contributed by atoms with van der Waals surface area (Å²) >= 11 is 6.19. The first-order valence-electron chi connectivity index (χ1n) is 9.32. The predicted octanol–water partition coefficient (Wildman–Crippen LogP) is 4.74. The number of aryl methyl sites for hydroxylation is 3. The number of hydrogen-bond acceptors (Lipinski definition) is 5. The monoisotopic (exact) mass is 413 g/mol. The second kappa shape index (κ2) is 8.66. The van der Waals surface area contributed by atoms with Crippen molar-refractivity contribution in [3.8, 4) is 17.1 Å². The molecule has 0 aliphatic heterocycles. The summed E-state index contributed by atoms with van der Waals surface area (Å²) in [5, 5.41) is 4.70. The van der Waals surface area contributed by atoms with Crippen LogP contribution in [0.2, 0.25) is 5.02 Å². The molecule has 0 N–H and O–H groups in total. The largest absolute Gasteiger partial charge is 0.481 e. The van der Waals surface area contributed by atoms with Crippen LogP contribution in [0.5, 0.6) is 5.75 Å². The average molecular weight is 414 g/mol. The number of likely N-dealkylation sites (N-methyl/N-ethyl adjacent to an activating group) is 1. The molecule has 1 atom stereocenters. The van der Waals surface area contributed by atoms with E-state index in [1.807, 2.05) is 57.2 Å². The van der Waals surface area contributed by atoms with E-state index >= 15 is 0 Å². The van der Waals surface area contributed by atoms with Crippen molar-refractivity contribution in [2.75, 3.05) is 7.05 Å². The molecule has 0 fully saturated rings. The van der Waals surface area contributed by atoms with Crippen LogP contribution in [-0.4, -0.2) is 34.1 Å². The van der Waals surface area contributed by atoms with Crippen molar-refractivity contribution < 1.29 is 14.1 Å². The first-order chi connectivity index (χ1) is 13.7. The van der Waals surface area contributed by atoms with Gasteiger partial charge in [-0.05, 0) is 51.0 Å². The van der Waals surface area contributed by atoms with E-state index in [-0.39, 0.29) is 12.5 Å². The lowest BCUT2D eigenvalue weighted by Gasteiger charge is -2.21. The van der Waals surface area contributed by atoms with E-state index in [9.17, 15) is 4.79 Å². The quantitative estimate of drug-likeness (QED) is 0.583. The van der Waals surface area contributed by atoms with Crippen molar-refractivity contribution in [1.29, 1.82) is 0 Å². The maximum Gasteiger partial charge on any atom is 0.263 e. The van der Waals surface area contributed by atoms with Gasteiger partial charge < -0.3 is 14.2 Å². The highest BCUT2D eigenvalue weighted by Crippen LogP contribution is 2.26. The minimum absolute atomic E-state index is 0.189. The molecule has 7 heteroatoms. The molecule has 0 aliphatic carbocycles. The number of benzene rings is 2. The predicted molar refractivity (Wildman–Crippen MR) is 112 cm³/mol. The normalized spacial score (nSPS) is 11.9. The third-order valence-corrected chi connectivity index (χ3v) is 5.19. The molecule has 0 unspecified atom stereocenters. The molecule has 2 aromatic carbocycles. The molecular weight excluding hydrogens is 390 g/mol. The number of aromatic nitrogens is 2. The fourth-order valence-electron chi connectivity index (χ4n) is 2.96. The molecule has 0 spiro atoms. The Morgan fingerprint density at radius 1 is 1.17 bits per heavy atom. The molecule has 1 heterocycles.